The summed E-state index contributed by atoms with van der Waals surface area (Å²) < 4.78 is 32.3. The summed E-state index contributed by atoms with van der Waals surface area (Å²) in [5.74, 6) is 0.395. The molecule has 0 spiro atoms. The van der Waals surface area contributed by atoms with Gasteiger partial charge in [0.15, 0.2) is 5.76 Å². The van der Waals surface area contributed by atoms with Crippen molar-refractivity contribution >= 4 is 49.9 Å². The highest BCUT2D eigenvalue weighted by atomic mass is 35.5. The molecule has 2 N–H and O–H groups in total. The first-order valence-corrected chi connectivity index (χ1v) is 8.59. The SMILES string of the molecule is CCc1onc(NS(=O)(=O)c2c[nH]c3cc(Cl)ccc23)c1Cl. The highest BCUT2D eigenvalue weighted by molar-refractivity contribution is 7.93. The first-order valence-electron chi connectivity index (χ1n) is 6.36. The van der Waals surface area contributed by atoms with E-state index in [-0.39, 0.29) is 15.7 Å². The summed E-state index contributed by atoms with van der Waals surface area (Å²) in [4.78, 5) is 2.95. The summed E-state index contributed by atoms with van der Waals surface area (Å²) in [6.07, 6.45) is 1.90. The highest BCUT2D eigenvalue weighted by Gasteiger charge is 2.23. The zero-order valence-corrected chi connectivity index (χ0v) is 13.7. The van der Waals surface area contributed by atoms with Gasteiger partial charge in [0.25, 0.3) is 10.0 Å². The molecule has 0 amide bonds. The number of sulfonamides is 1. The van der Waals surface area contributed by atoms with Crippen LogP contribution in [0, 0.1) is 0 Å². The van der Waals surface area contributed by atoms with Gasteiger partial charge in [0.1, 0.15) is 9.92 Å². The van der Waals surface area contributed by atoms with Crippen molar-refractivity contribution < 1.29 is 12.9 Å². The van der Waals surface area contributed by atoms with Crippen LogP contribution in [0.15, 0.2) is 33.8 Å². The Morgan fingerprint density at radius 1 is 1.36 bits per heavy atom. The van der Waals surface area contributed by atoms with Crippen molar-refractivity contribution in [1.82, 2.24) is 10.1 Å². The highest BCUT2D eigenvalue weighted by Crippen LogP contribution is 2.30. The summed E-state index contributed by atoms with van der Waals surface area (Å²) in [5.41, 5.74) is 0.619. The fourth-order valence-corrected chi connectivity index (χ4v) is 3.74. The Hall–Kier alpha value is -1.70. The Balaban J connectivity index is 2.03. The van der Waals surface area contributed by atoms with Crippen molar-refractivity contribution in [3.63, 3.8) is 0 Å². The lowest BCUT2D eigenvalue weighted by atomic mass is 10.2. The number of hydrogen-bond donors (Lipinski definition) is 2. The summed E-state index contributed by atoms with van der Waals surface area (Å²) in [6.45, 7) is 1.83. The minimum Gasteiger partial charge on any atom is -0.360 e. The third-order valence-corrected chi connectivity index (χ3v) is 5.15. The van der Waals surface area contributed by atoms with Gasteiger partial charge in [0, 0.05) is 28.5 Å². The van der Waals surface area contributed by atoms with Crippen LogP contribution in [0.2, 0.25) is 10.0 Å². The van der Waals surface area contributed by atoms with Gasteiger partial charge in [-0.1, -0.05) is 35.3 Å². The number of hydrogen-bond acceptors (Lipinski definition) is 4. The zero-order chi connectivity index (χ0) is 15.9. The van der Waals surface area contributed by atoms with Gasteiger partial charge in [-0.05, 0) is 18.2 Å². The molecule has 3 aromatic rings. The summed E-state index contributed by atoms with van der Waals surface area (Å²) in [7, 11) is -3.86. The smallest absolute Gasteiger partial charge is 0.265 e. The van der Waals surface area contributed by atoms with Crippen LogP contribution in [-0.4, -0.2) is 18.6 Å². The predicted molar refractivity (Wildman–Crippen MR) is 85.0 cm³/mol. The van der Waals surface area contributed by atoms with Gasteiger partial charge in [-0.25, -0.2) is 8.42 Å². The van der Waals surface area contributed by atoms with Gasteiger partial charge in [0.2, 0.25) is 5.82 Å². The largest absolute Gasteiger partial charge is 0.360 e. The van der Waals surface area contributed by atoms with Crippen LogP contribution in [0.5, 0.6) is 0 Å². The number of aromatic amines is 1. The lowest BCUT2D eigenvalue weighted by molar-refractivity contribution is 0.389. The maximum absolute atomic E-state index is 12.5. The Morgan fingerprint density at radius 2 is 2.14 bits per heavy atom. The Morgan fingerprint density at radius 3 is 2.82 bits per heavy atom. The maximum Gasteiger partial charge on any atom is 0.265 e. The number of nitrogens with one attached hydrogen (secondary N) is 2. The molecule has 0 bridgehead atoms. The molecule has 6 nitrogen and oxygen atoms in total. The topological polar surface area (TPSA) is 88.0 Å². The van der Waals surface area contributed by atoms with E-state index in [0.29, 0.717) is 28.1 Å². The van der Waals surface area contributed by atoms with Crippen LogP contribution < -0.4 is 4.72 Å². The molecule has 0 saturated heterocycles. The van der Waals surface area contributed by atoms with Crippen molar-refractivity contribution in [2.24, 2.45) is 0 Å². The van der Waals surface area contributed by atoms with E-state index < -0.39 is 10.0 Å². The molecule has 22 heavy (non-hydrogen) atoms. The second-order valence-electron chi connectivity index (χ2n) is 4.57. The number of halogens is 2. The number of nitrogens with zero attached hydrogens (tertiary/aromatic N) is 1. The Labute approximate surface area is 136 Å². The van der Waals surface area contributed by atoms with Gasteiger partial charge in [-0.15, -0.1) is 0 Å². The monoisotopic (exact) mass is 359 g/mol. The van der Waals surface area contributed by atoms with Crippen molar-refractivity contribution in [3.05, 3.63) is 40.2 Å². The van der Waals surface area contributed by atoms with Gasteiger partial charge < -0.3 is 9.51 Å². The summed E-state index contributed by atoms with van der Waals surface area (Å²) in [6, 6.07) is 4.90. The average Bonchev–Trinajstić information content (AvgIpc) is 3.03. The van der Waals surface area contributed by atoms with Crippen molar-refractivity contribution in [2.75, 3.05) is 4.72 Å². The molecular weight excluding hydrogens is 349 g/mol. The molecule has 0 radical (unpaired) electrons. The number of fused-ring (bicyclic) bond motifs is 1. The quantitative estimate of drug-likeness (QED) is 0.740. The average molecular weight is 360 g/mol. The molecular formula is C13H11Cl2N3O3S. The molecule has 0 unspecified atom stereocenters. The first-order chi connectivity index (χ1) is 10.4. The standard InChI is InChI=1S/C13H11Cl2N3O3S/c1-2-10-12(15)13(17-21-10)18-22(19,20)11-6-16-9-5-7(14)3-4-8(9)11/h3-6,16H,2H2,1H3,(H,17,18). The van der Waals surface area contributed by atoms with Crippen LogP contribution in [0.25, 0.3) is 10.9 Å². The molecule has 3 rings (SSSR count). The van der Waals surface area contributed by atoms with Gasteiger partial charge >= 0.3 is 0 Å². The number of rotatable bonds is 4. The van der Waals surface area contributed by atoms with E-state index in [4.69, 9.17) is 27.7 Å². The van der Waals surface area contributed by atoms with E-state index in [1.807, 2.05) is 6.92 Å². The Kier molecular flexibility index (Phi) is 3.80. The van der Waals surface area contributed by atoms with Gasteiger partial charge in [0.05, 0.1) is 0 Å². The molecule has 0 fully saturated rings. The van der Waals surface area contributed by atoms with Crippen molar-refractivity contribution in [1.29, 1.82) is 0 Å². The van der Waals surface area contributed by atoms with Crippen LogP contribution in [-0.2, 0) is 16.4 Å². The van der Waals surface area contributed by atoms with Crippen LogP contribution in [0.1, 0.15) is 12.7 Å². The third-order valence-electron chi connectivity index (χ3n) is 3.15. The fourth-order valence-electron chi connectivity index (χ4n) is 2.07. The minimum absolute atomic E-state index is 0.0261. The van der Waals surface area contributed by atoms with E-state index in [1.54, 1.807) is 18.2 Å². The fraction of sp³-hybridized carbons (Fsp3) is 0.154. The first kappa shape index (κ1) is 15.2. The normalized spacial score (nSPS) is 12.0. The lowest BCUT2D eigenvalue weighted by Gasteiger charge is -2.04. The minimum atomic E-state index is -3.86. The lowest BCUT2D eigenvalue weighted by Crippen LogP contribution is -2.13. The second-order valence-corrected chi connectivity index (χ2v) is 7.04. The molecule has 2 heterocycles. The molecule has 0 saturated carbocycles. The zero-order valence-electron chi connectivity index (χ0n) is 11.4. The predicted octanol–water partition coefficient (Wildman–Crippen LogP) is 3.83. The molecule has 0 aliphatic carbocycles. The number of anilines is 1. The van der Waals surface area contributed by atoms with Crippen LogP contribution in [0.3, 0.4) is 0 Å². The Bertz CT molecular complexity index is 947. The van der Waals surface area contributed by atoms with Crippen molar-refractivity contribution in [2.45, 2.75) is 18.2 Å². The third kappa shape index (κ3) is 2.55. The maximum atomic E-state index is 12.5. The van der Waals surface area contributed by atoms with E-state index in [9.17, 15) is 8.42 Å². The van der Waals surface area contributed by atoms with E-state index >= 15 is 0 Å². The number of aryl methyl sites for hydroxylation is 1. The van der Waals surface area contributed by atoms with Gasteiger partial charge in [-0.3, -0.25) is 4.72 Å². The van der Waals surface area contributed by atoms with E-state index in [1.165, 1.54) is 6.20 Å². The number of H-pyrrole nitrogens is 1. The van der Waals surface area contributed by atoms with E-state index in [2.05, 4.69) is 14.9 Å². The van der Waals surface area contributed by atoms with E-state index in [0.717, 1.165) is 0 Å². The van der Waals surface area contributed by atoms with Crippen LogP contribution >= 0.6 is 23.2 Å². The summed E-state index contributed by atoms with van der Waals surface area (Å²) >= 11 is 11.9. The number of benzene rings is 1. The molecule has 2 aromatic heterocycles. The molecule has 1 aromatic carbocycles. The number of aromatic nitrogens is 2. The molecule has 9 heteroatoms. The molecule has 0 atom stereocenters. The molecule has 116 valence electrons. The second kappa shape index (κ2) is 5.49. The molecule has 0 aliphatic rings. The molecule has 0 aliphatic heterocycles. The summed E-state index contributed by atoms with van der Waals surface area (Å²) in [5, 5.41) is 4.84. The van der Waals surface area contributed by atoms with Crippen LogP contribution in [0.4, 0.5) is 5.82 Å². The van der Waals surface area contributed by atoms with Gasteiger partial charge in [-0.2, -0.15) is 0 Å². The van der Waals surface area contributed by atoms with Crippen molar-refractivity contribution in [3.8, 4) is 0 Å².